The van der Waals surface area contributed by atoms with Crippen molar-refractivity contribution in [1.82, 2.24) is 15.8 Å². The molecule has 3 N–H and O–H groups in total. The van der Waals surface area contributed by atoms with Gasteiger partial charge in [0.2, 0.25) is 5.91 Å². The average molecular weight is 470 g/mol. The van der Waals surface area contributed by atoms with Crippen LogP contribution in [0.5, 0.6) is 0 Å². The smallest absolute Gasteiger partial charge is 0.217 e. The minimum absolute atomic E-state index is 0.103. The topological polar surface area (TPSA) is 87.4 Å². The molecule has 1 fully saturated rings. The minimum Gasteiger partial charge on any atom is -0.390 e. The van der Waals surface area contributed by atoms with Gasteiger partial charge in [0.25, 0.3) is 0 Å². The Morgan fingerprint density at radius 1 is 1.18 bits per heavy atom. The molecule has 0 radical (unpaired) electrons. The normalized spacial score (nSPS) is 16.2. The average Bonchev–Trinajstić information content (AvgIpc) is 3.49. The zero-order chi connectivity index (χ0) is 24.5. The molecule has 0 unspecified atom stereocenters. The van der Waals surface area contributed by atoms with E-state index in [-0.39, 0.29) is 24.4 Å². The summed E-state index contributed by atoms with van der Waals surface area (Å²) in [5.74, 6) is -0.956. The molecule has 0 spiro atoms. The quantitative estimate of drug-likeness (QED) is 0.442. The second-order valence-electron chi connectivity index (χ2n) is 9.10. The van der Waals surface area contributed by atoms with Crippen LogP contribution in [0.15, 0.2) is 47.0 Å². The van der Waals surface area contributed by atoms with Gasteiger partial charge in [0.15, 0.2) is 0 Å². The molecule has 1 amide bonds. The summed E-state index contributed by atoms with van der Waals surface area (Å²) in [7, 11) is 0. The minimum atomic E-state index is -0.960. The van der Waals surface area contributed by atoms with Crippen LogP contribution in [-0.2, 0) is 16.8 Å². The number of carbonyl (C=O) groups is 1. The molecule has 1 saturated carbocycles. The van der Waals surface area contributed by atoms with Crippen molar-refractivity contribution in [3.8, 4) is 11.1 Å². The van der Waals surface area contributed by atoms with Crippen molar-refractivity contribution < 1.29 is 23.2 Å². The van der Waals surface area contributed by atoms with Crippen molar-refractivity contribution in [2.75, 3.05) is 6.54 Å². The summed E-state index contributed by atoms with van der Waals surface area (Å²) >= 11 is 0. The molecule has 1 aliphatic rings. The van der Waals surface area contributed by atoms with Gasteiger partial charge in [0, 0.05) is 30.6 Å². The molecule has 0 saturated heterocycles. The maximum Gasteiger partial charge on any atom is 0.217 e. The number of nitrogens with zero attached hydrogens (tertiary/aromatic N) is 1. The van der Waals surface area contributed by atoms with Crippen LogP contribution in [0.25, 0.3) is 11.1 Å². The number of amides is 1. The maximum atomic E-state index is 13.6. The first-order chi connectivity index (χ1) is 16.2. The first-order valence-electron chi connectivity index (χ1n) is 11.4. The van der Waals surface area contributed by atoms with E-state index in [0.717, 1.165) is 47.1 Å². The van der Waals surface area contributed by atoms with Gasteiger partial charge in [0.05, 0.1) is 17.8 Å². The van der Waals surface area contributed by atoms with Crippen molar-refractivity contribution in [1.29, 1.82) is 0 Å². The van der Waals surface area contributed by atoms with Gasteiger partial charge in [-0.05, 0) is 68.0 Å². The van der Waals surface area contributed by atoms with Gasteiger partial charge in [-0.2, -0.15) is 0 Å². The fraction of sp³-hybridized carbons (Fsp3) is 0.385. The highest BCUT2D eigenvalue weighted by Crippen LogP contribution is 2.46. The first kappa shape index (κ1) is 24.0. The maximum absolute atomic E-state index is 13.6. The van der Waals surface area contributed by atoms with Gasteiger partial charge in [0.1, 0.15) is 17.4 Å². The van der Waals surface area contributed by atoms with Gasteiger partial charge in [-0.3, -0.25) is 4.79 Å². The van der Waals surface area contributed by atoms with Crippen LogP contribution in [0.2, 0.25) is 0 Å². The van der Waals surface area contributed by atoms with Crippen molar-refractivity contribution in [2.45, 2.75) is 57.7 Å². The molecule has 4 rings (SSSR count). The number of rotatable bonds is 9. The number of halogens is 2. The predicted octanol–water partition coefficient (Wildman–Crippen LogP) is 3.92. The highest BCUT2D eigenvalue weighted by atomic mass is 19.1. The number of hydrogen-bond acceptors (Lipinski definition) is 5. The molecule has 1 aromatic heterocycles. The lowest BCUT2D eigenvalue weighted by Crippen LogP contribution is -2.49. The zero-order valence-electron chi connectivity index (χ0n) is 19.5. The Morgan fingerprint density at radius 2 is 1.88 bits per heavy atom. The third kappa shape index (κ3) is 5.34. The van der Waals surface area contributed by atoms with E-state index in [1.807, 2.05) is 26.0 Å². The van der Waals surface area contributed by atoms with Gasteiger partial charge < -0.3 is 20.3 Å². The molecule has 180 valence electrons. The number of nitrogens with one attached hydrogen (secondary N) is 2. The molecule has 0 aliphatic heterocycles. The summed E-state index contributed by atoms with van der Waals surface area (Å²) in [6, 6.07) is 10.7. The molecule has 2 atom stereocenters. The summed E-state index contributed by atoms with van der Waals surface area (Å²) in [4.78, 5) is 11.7. The SMILES string of the molecule is CC(=O)N[C@@H](Cc1cc(F)cc(F)c1)[C@@H](O)CNC1(c2cccc(-c3c(C)noc3C)c2)CC1. The van der Waals surface area contributed by atoms with Crippen LogP contribution in [-0.4, -0.2) is 34.9 Å². The molecule has 2 aromatic carbocycles. The Hall–Kier alpha value is -3.10. The lowest BCUT2D eigenvalue weighted by atomic mass is 9.96. The fourth-order valence-corrected chi connectivity index (χ4v) is 4.53. The molecule has 1 aliphatic carbocycles. The van der Waals surface area contributed by atoms with E-state index < -0.39 is 23.8 Å². The number of aliphatic hydroxyl groups is 1. The first-order valence-corrected chi connectivity index (χ1v) is 11.4. The van der Waals surface area contributed by atoms with E-state index in [0.29, 0.717) is 5.56 Å². The number of benzene rings is 2. The third-order valence-corrected chi connectivity index (χ3v) is 6.37. The molecular formula is C26H29F2N3O3. The van der Waals surface area contributed by atoms with Crippen molar-refractivity contribution in [3.63, 3.8) is 0 Å². The number of hydrogen-bond donors (Lipinski definition) is 3. The molecular weight excluding hydrogens is 440 g/mol. The predicted molar refractivity (Wildman–Crippen MR) is 124 cm³/mol. The molecule has 3 aromatic rings. The highest BCUT2D eigenvalue weighted by Gasteiger charge is 2.44. The second kappa shape index (κ2) is 9.64. The van der Waals surface area contributed by atoms with E-state index >= 15 is 0 Å². The van der Waals surface area contributed by atoms with Crippen LogP contribution in [0.4, 0.5) is 8.78 Å². The largest absolute Gasteiger partial charge is 0.390 e. The molecule has 8 heteroatoms. The van der Waals surface area contributed by atoms with Crippen LogP contribution >= 0.6 is 0 Å². The molecule has 6 nitrogen and oxygen atoms in total. The Labute approximate surface area is 197 Å². The van der Waals surface area contributed by atoms with E-state index in [2.05, 4.69) is 27.9 Å². The van der Waals surface area contributed by atoms with Gasteiger partial charge >= 0.3 is 0 Å². The van der Waals surface area contributed by atoms with Gasteiger partial charge in [-0.15, -0.1) is 0 Å². The monoisotopic (exact) mass is 469 g/mol. The van der Waals surface area contributed by atoms with Crippen LogP contribution in [0.1, 0.15) is 42.3 Å². The number of aliphatic hydroxyl groups excluding tert-OH is 1. The van der Waals surface area contributed by atoms with Gasteiger partial charge in [-0.1, -0.05) is 23.4 Å². The zero-order valence-corrected chi connectivity index (χ0v) is 19.5. The van der Waals surface area contributed by atoms with Gasteiger partial charge in [-0.25, -0.2) is 8.78 Å². The van der Waals surface area contributed by atoms with Crippen molar-refractivity contribution in [2.24, 2.45) is 0 Å². The van der Waals surface area contributed by atoms with Crippen molar-refractivity contribution in [3.05, 3.63) is 76.7 Å². The summed E-state index contributed by atoms with van der Waals surface area (Å²) < 4.78 is 32.5. The van der Waals surface area contributed by atoms with E-state index in [1.54, 1.807) is 0 Å². The fourth-order valence-electron chi connectivity index (χ4n) is 4.53. The Balaban J connectivity index is 1.48. The summed E-state index contributed by atoms with van der Waals surface area (Å²) in [6.45, 7) is 5.35. The lowest BCUT2D eigenvalue weighted by molar-refractivity contribution is -0.120. The highest BCUT2D eigenvalue weighted by molar-refractivity contribution is 5.73. The third-order valence-electron chi connectivity index (χ3n) is 6.37. The van der Waals surface area contributed by atoms with Crippen molar-refractivity contribution >= 4 is 5.91 Å². The standard InChI is InChI=1S/C26H29F2N3O3/c1-15-25(16(2)34-31-15)19-5-4-6-20(12-19)26(7-8-26)29-14-24(33)23(30-17(3)32)11-18-9-21(27)13-22(28)10-18/h4-6,9-10,12-13,23-24,29,33H,7-8,11,14H2,1-3H3,(H,30,32)/t23-,24-/m0/s1. The summed E-state index contributed by atoms with van der Waals surface area (Å²) in [5.41, 5.74) is 4.01. The Kier molecular flexibility index (Phi) is 6.81. The second-order valence-corrected chi connectivity index (χ2v) is 9.10. The summed E-state index contributed by atoms with van der Waals surface area (Å²) in [6.07, 6.45) is 0.958. The lowest BCUT2D eigenvalue weighted by Gasteiger charge is -2.27. The van der Waals surface area contributed by atoms with E-state index in [9.17, 15) is 18.7 Å². The number of carbonyl (C=O) groups excluding carboxylic acids is 1. The molecule has 0 bridgehead atoms. The summed E-state index contributed by atoms with van der Waals surface area (Å²) in [5, 5.41) is 21.1. The molecule has 34 heavy (non-hydrogen) atoms. The number of aromatic nitrogens is 1. The Morgan fingerprint density at radius 3 is 2.47 bits per heavy atom. The number of aryl methyl sites for hydroxylation is 2. The van der Waals surface area contributed by atoms with Crippen LogP contribution in [0.3, 0.4) is 0 Å². The van der Waals surface area contributed by atoms with Crippen LogP contribution < -0.4 is 10.6 Å². The Bertz CT molecular complexity index is 1150. The van der Waals surface area contributed by atoms with Crippen LogP contribution in [0, 0.1) is 25.5 Å². The molecule has 1 heterocycles. The van der Waals surface area contributed by atoms with E-state index in [4.69, 9.17) is 4.52 Å². The van der Waals surface area contributed by atoms with E-state index in [1.165, 1.54) is 19.1 Å².